The maximum atomic E-state index is 1.62. The van der Waals surface area contributed by atoms with Crippen LogP contribution in [0, 0.1) is 23.2 Å². The van der Waals surface area contributed by atoms with Gasteiger partial charge in [-0.25, -0.2) is 0 Å². The van der Waals surface area contributed by atoms with Crippen LogP contribution in [0.15, 0.2) is 0 Å². The van der Waals surface area contributed by atoms with E-state index in [1.165, 1.54) is 33.4 Å². The topological polar surface area (TPSA) is 0 Å². The van der Waals surface area contributed by atoms with Crippen LogP contribution < -0.4 is 0 Å². The number of rotatable bonds is 7. The molecule has 3 fully saturated rings. The van der Waals surface area contributed by atoms with Gasteiger partial charge in [-0.3, -0.25) is 0 Å². The minimum atomic E-state index is 0.805. The van der Waals surface area contributed by atoms with E-state index in [1.807, 2.05) is 0 Å². The third kappa shape index (κ3) is 3.50. The van der Waals surface area contributed by atoms with Crippen LogP contribution in [0.3, 0.4) is 0 Å². The molecule has 0 unspecified atom stereocenters. The van der Waals surface area contributed by atoms with Crippen molar-refractivity contribution in [3.63, 3.8) is 0 Å². The van der Waals surface area contributed by atoms with Crippen LogP contribution in [-0.2, 0) is 0 Å². The molecule has 3 rings (SSSR count). The molecule has 0 aromatic carbocycles. The van der Waals surface area contributed by atoms with Gasteiger partial charge in [0, 0.05) is 0 Å². The Balaban J connectivity index is 1.83. The molecule has 3 saturated carbocycles. The summed E-state index contributed by atoms with van der Waals surface area (Å²) in [5.41, 5.74) is 0.805. The SMILES string of the molecule is [SnH][CH2]CCCC(C1CCCC1)(C1CCCC1)C1CCCC1. The Labute approximate surface area is 146 Å². The summed E-state index contributed by atoms with van der Waals surface area (Å²) in [5.74, 6) is 3.37. The van der Waals surface area contributed by atoms with Crippen molar-refractivity contribution < 1.29 is 0 Å². The van der Waals surface area contributed by atoms with Crippen molar-refractivity contribution in [2.75, 3.05) is 0 Å². The molecular weight excluding hydrogens is 359 g/mol. The van der Waals surface area contributed by atoms with Crippen molar-refractivity contribution >= 4 is 22.5 Å². The molecule has 21 heavy (non-hydrogen) atoms. The third-order valence-electron chi connectivity index (χ3n) is 7.41. The average Bonchev–Trinajstić information content (AvgIpc) is 3.28. The summed E-state index contributed by atoms with van der Waals surface area (Å²) in [7, 11) is 0. The molecule has 0 saturated heterocycles. The quantitative estimate of drug-likeness (QED) is 0.365. The Morgan fingerprint density at radius 3 is 1.33 bits per heavy atom. The molecule has 3 aliphatic rings. The average molecular weight is 395 g/mol. The standard InChI is InChI=1S/C20H35.Sn.H/c1-2-3-16-20(17-10-4-5-11-17,18-12-6-7-13-18)19-14-8-9-15-19;;/h17-19H,1-16H2;;. The van der Waals surface area contributed by atoms with Gasteiger partial charge in [-0.2, -0.15) is 0 Å². The van der Waals surface area contributed by atoms with Gasteiger partial charge in [-0.05, 0) is 0 Å². The van der Waals surface area contributed by atoms with E-state index in [0.717, 1.165) is 23.2 Å². The fourth-order valence-electron chi connectivity index (χ4n) is 6.58. The molecular formula is C20H36Sn. The first kappa shape index (κ1) is 16.6. The van der Waals surface area contributed by atoms with E-state index in [0.29, 0.717) is 0 Å². The first-order chi connectivity index (χ1) is 10.4. The Hall–Kier alpha value is 0.799. The molecule has 0 amide bonds. The van der Waals surface area contributed by atoms with Gasteiger partial charge in [-0.15, -0.1) is 0 Å². The maximum absolute atomic E-state index is 1.62. The van der Waals surface area contributed by atoms with Gasteiger partial charge in [0.2, 0.25) is 0 Å². The molecule has 1 heteroatoms. The molecule has 0 N–H and O–H groups in total. The zero-order chi connectivity index (χ0) is 14.5. The van der Waals surface area contributed by atoms with E-state index in [1.54, 1.807) is 89.9 Å². The minimum absolute atomic E-state index is 0.805. The van der Waals surface area contributed by atoms with E-state index in [4.69, 9.17) is 0 Å². The predicted octanol–water partition coefficient (Wildman–Crippen LogP) is 6.03. The summed E-state index contributed by atoms with van der Waals surface area (Å²) in [6.45, 7) is 0. The second-order valence-electron chi connectivity index (χ2n) is 8.30. The molecule has 0 heterocycles. The number of hydrogen-bond acceptors (Lipinski definition) is 0. The summed E-state index contributed by atoms with van der Waals surface area (Å²) in [6, 6.07) is 0. The van der Waals surface area contributed by atoms with Crippen molar-refractivity contribution in [2.24, 2.45) is 23.2 Å². The molecule has 0 aromatic rings. The van der Waals surface area contributed by atoms with Crippen LogP contribution >= 0.6 is 0 Å². The zero-order valence-corrected chi connectivity index (χ0v) is 17.4. The van der Waals surface area contributed by atoms with Gasteiger partial charge in [0.15, 0.2) is 0 Å². The van der Waals surface area contributed by atoms with Crippen molar-refractivity contribution in [3.8, 4) is 0 Å². The molecule has 0 aliphatic heterocycles. The van der Waals surface area contributed by atoms with Gasteiger partial charge < -0.3 is 0 Å². The van der Waals surface area contributed by atoms with Crippen LogP contribution in [0.2, 0.25) is 4.44 Å². The first-order valence-electron chi connectivity index (χ1n) is 10.1. The van der Waals surface area contributed by atoms with Crippen LogP contribution in [0.25, 0.3) is 0 Å². The molecule has 120 valence electrons. The van der Waals surface area contributed by atoms with Gasteiger partial charge >= 0.3 is 146 Å². The molecule has 0 aromatic heterocycles. The Morgan fingerprint density at radius 2 is 1.00 bits per heavy atom. The monoisotopic (exact) mass is 396 g/mol. The molecule has 2 radical (unpaired) electrons. The van der Waals surface area contributed by atoms with Crippen molar-refractivity contribution in [1.82, 2.24) is 0 Å². The van der Waals surface area contributed by atoms with Crippen LogP contribution in [0.5, 0.6) is 0 Å². The molecule has 0 bridgehead atoms. The van der Waals surface area contributed by atoms with Gasteiger partial charge in [-0.1, -0.05) is 0 Å². The summed E-state index contributed by atoms with van der Waals surface area (Å²) >= 11 is 1.48. The predicted molar refractivity (Wildman–Crippen MR) is 94.1 cm³/mol. The third-order valence-corrected chi connectivity index (χ3v) is 8.57. The summed E-state index contributed by atoms with van der Waals surface area (Å²) < 4.78 is 1.53. The Bertz CT molecular complexity index is 252. The zero-order valence-electron chi connectivity index (χ0n) is 14.1. The van der Waals surface area contributed by atoms with E-state index in [-0.39, 0.29) is 0 Å². The van der Waals surface area contributed by atoms with E-state index in [2.05, 4.69) is 0 Å². The molecule has 3 aliphatic carbocycles. The van der Waals surface area contributed by atoms with Gasteiger partial charge in [0.25, 0.3) is 0 Å². The van der Waals surface area contributed by atoms with Crippen molar-refractivity contribution in [2.45, 2.75) is 101 Å². The van der Waals surface area contributed by atoms with Crippen LogP contribution in [-0.4, -0.2) is 22.5 Å². The second kappa shape index (κ2) is 8.06. The summed E-state index contributed by atoms with van der Waals surface area (Å²) in [6.07, 6.45) is 23.5. The van der Waals surface area contributed by atoms with Crippen LogP contribution in [0.4, 0.5) is 0 Å². The molecule has 0 atom stereocenters. The normalized spacial score (nSPS) is 26.1. The van der Waals surface area contributed by atoms with Crippen molar-refractivity contribution in [1.29, 1.82) is 0 Å². The fourth-order valence-corrected chi connectivity index (χ4v) is 7.40. The fraction of sp³-hybridized carbons (Fsp3) is 1.00. The Morgan fingerprint density at radius 1 is 0.619 bits per heavy atom. The van der Waals surface area contributed by atoms with E-state index >= 15 is 0 Å². The van der Waals surface area contributed by atoms with Gasteiger partial charge in [0.05, 0.1) is 0 Å². The van der Waals surface area contributed by atoms with Gasteiger partial charge in [0.1, 0.15) is 0 Å². The number of hydrogen-bond donors (Lipinski definition) is 0. The van der Waals surface area contributed by atoms with Crippen LogP contribution in [0.1, 0.15) is 96.3 Å². The number of unbranched alkanes of at least 4 members (excludes halogenated alkanes) is 1. The second-order valence-corrected chi connectivity index (χ2v) is 9.95. The summed E-state index contributed by atoms with van der Waals surface area (Å²) in [5, 5.41) is 0. The molecule has 0 nitrogen and oxygen atoms in total. The first-order valence-corrected chi connectivity index (χ1v) is 12.4. The van der Waals surface area contributed by atoms with E-state index in [9.17, 15) is 0 Å². The van der Waals surface area contributed by atoms with Crippen molar-refractivity contribution in [3.05, 3.63) is 0 Å². The molecule has 0 spiro atoms. The Kier molecular flexibility index (Phi) is 6.39. The summed E-state index contributed by atoms with van der Waals surface area (Å²) in [4.78, 5) is 0. The van der Waals surface area contributed by atoms with E-state index < -0.39 is 0 Å².